The number of halogens is 1. The van der Waals surface area contributed by atoms with E-state index in [0.29, 0.717) is 5.69 Å². The molecule has 0 spiro atoms. The molecule has 82 valence electrons. The SMILES string of the molecule is O=C(C(Cl)c1cscn1)N1CCCCC1. The van der Waals surface area contributed by atoms with Crippen molar-refractivity contribution in [2.75, 3.05) is 13.1 Å². The molecule has 1 fully saturated rings. The number of hydrogen-bond donors (Lipinski definition) is 0. The van der Waals surface area contributed by atoms with Gasteiger partial charge in [-0.1, -0.05) is 0 Å². The van der Waals surface area contributed by atoms with E-state index < -0.39 is 5.38 Å². The molecule has 5 heteroatoms. The van der Waals surface area contributed by atoms with Crippen molar-refractivity contribution in [1.82, 2.24) is 9.88 Å². The summed E-state index contributed by atoms with van der Waals surface area (Å²) in [5.41, 5.74) is 2.38. The highest BCUT2D eigenvalue weighted by Gasteiger charge is 2.26. The molecule has 3 nitrogen and oxygen atoms in total. The summed E-state index contributed by atoms with van der Waals surface area (Å²) in [5.74, 6) is 0.00210. The second-order valence-corrected chi connectivity index (χ2v) is 4.82. The molecule has 1 aromatic heterocycles. The van der Waals surface area contributed by atoms with E-state index in [-0.39, 0.29) is 5.91 Å². The van der Waals surface area contributed by atoms with E-state index in [1.807, 2.05) is 10.3 Å². The van der Waals surface area contributed by atoms with E-state index in [9.17, 15) is 4.79 Å². The van der Waals surface area contributed by atoms with Gasteiger partial charge < -0.3 is 4.90 Å². The van der Waals surface area contributed by atoms with Crippen molar-refractivity contribution in [3.8, 4) is 0 Å². The maximum Gasteiger partial charge on any atom is 0.246 e. The molecule has 0 bridgehead atoms. The molecule has 1 aliphatic rings. The van der Waals surface area contributed by atoms with Gasteiger partial charge in [-0.05, 0) is 19.3 Å². The molecule has 2 heterocycles. The Labute approximate surface area is 98.1 Å². The maximum atomic E-state index is 12.0. The van der Waals surface area contributed by atoms with Gasteiger partial charge in [0.1, 0.15) is 0 Å². The predicted octanol–water partition coefficient (Wildman–Crippen LogP) is 2.44. The largest absolute Gasteiger partial charge is 0.341 e. The number of aromatic nitrogens is 1. The third kappa shape index (κ3) is 2.49. The van der Waals surface area contributed by atoms with Crippen molar-refractivity contribution >= 4 is 28.8 Å². The summed E-state index contributed by atoms with van der Waals surface area (Å²) in [7, 11) is 0. The Bertz CT molecular complexity index is 322. The van der Waals surface area contributed by atoms with Gasteiger partial charge in [-0.3, -0.25) is 4.79 Å². The fourth-order valence-corrected chi connectivity index (χ4v) is 2.66. The molecule has 0 saturated carbocycles. The van der Waals surface area contributed by atoms with Crippen LogP contribution in [0.4, 0.5) is 0 Å². The molecule has 1 amide bonds. The van der Waals surface area contributed by atoms with Crippen LogP contribution in [0, 0.1) is 0 Å². The topological polar surface area (TPSA) is 33.2 Å². The highest BCUT2D eigenvalue weighted by Crippen LogP contribution is 2.24. The monoisotopic (exact) mass is 244 g/mol. The van der Waals surface area contributed by atoms with E-state index >= 15 is 0 Å². The number of nitrogens with zero attached hydrogens (tertiary/aromatic N) is 2. The van der Waals surface area contributed by atoms with Crippen molar-refractivity contribution < 1.29 is 4.79 Å². The van der Waals surface area contributed by atoms with Crippen LogP contribution in [0.3, 0.4) is 0 Å². The van der Waals surface area contributed by atoms with Crippen LogP contribution in [0.2, 0.25) is 0 Å². The van der Waals surface area contributed by atoms with E-state index in [4.69, 9.17) is 11.6 Å². The fourth-order valence-electron chi connectivity index (χ4n) is 1.75. The molecular formula is C10H13ClN2OS. The van der Waals surface area contributed by atoms with Gasteiger partial charge in [0.2, 0.25) is 5.91 Å². The van der Waals surface area contributed by atoms with Crippen LogP contribution < -0.4 is 0 Å². The molecule has 0 aromatic carbocycles. The van der Waals surface area contributed by atoms with Crippen LogP contribution in [0.15, 0.2) is 10.9 Å². The zero-order chi connectivity index (χ0) is 10.7. The average Bonchev–Trinajstić information content (AvgIpc) is 2.82. The van der Waals surface area contributed by atoms with Crippen LogP contribution in [0.1, 0.15) is 30.3 Å². The van der Waals surface area contributed by atoms with Crippen molar-refractivity contribution in [3.63, 3.8) is 0 Å². The van der Waals surface area contributed by atoms with Gasteiger partial charge in [-0.2, -0.15) is 0 Å². The number of rotatable bonds is 2. The number of carbonyl (C=O) groups excluding carboxylic acids is 1. The third-order valence-electron chi connectivity index (χ3n) is 2.60. The summed E-state index contributed by atoms with van der Waals surface area (Å²) in [4.78, 5) is 17.9. The van der Waals surface area contributed by atoms with Crippen molar-refractivity contribution in [1.29, 1.82) is 0 Å². The third-order valence-corrected chi connectivity index (χ3v) is 3.61. The summed E-state index contributed by atoms with van der Waals surface area (Å²) in [6.07, 6.45) is 3.40. The van der Waals surface area contributed by atoms with Gasteiger partial charge in [0.25, 0.3) is 0 Å². The number of likely N-dealkylation sites (tertiary alicyclic amines) is 1. The lowest BCUT2D eigenvalue weighted by Crippen LogP contribution is -2.37. The zero-order valence-corrected chi connectivity index (χ0v) is 9.93. The van der Waals surface area contributed by atoms with Gasteiger partial charge in [0.05, 0.1) is 11.2 Å². The number of thiazole rings is 1. The van der Waals surface area contributed by atoms with Gasteiger partial charge in [-0.25, -0.2) is 4.98 Å². The molecule has 1 aromatic rings. The molecular weight excluding hydrogens is 232 g/mol. The summed E-state index contributed by atoms with van der Waals surface area (Å²) in [5, 5.41) is 1.23. The van der Waals surface area contributed by atoms with Crippen LogP contribution in [-0.2, 0) is 4.79 Å². The number of piperidine rings is 1. The molecule has 2 rings (SSSR count). The molecule has 1 unspecified atom stereocenters. The first-order valence-corrected chi connectivity index (χ1v) is 6.48. The summed E-state index contributed by atoms with van der Waals surface area (Å²) < 4.78 is 0. The van der Waals surface area contributed by atoms with E-state index in [2.05, 4.69) is 4.98 Å². The second kappa shape index (κ2) is 4.94. The Hall–Kier alpha value is -0.610. The minimum absolute atomic E-state index is 0.00210. The standard InChI is InChI=1S/C10H13ClN2OS/c11-9(8-6-15-7-12-8)10(14)13-4-2-1-3-5-13/h6-7,9H,1-5H2. The lowest BCUT2D eigenvalue weighted by atomic mass is 10.1. The van der Waals surface area contributed by atoms with E-state index in [1.54, 1.807) is 5.51 Å². The van der Waals surface area contributed by atoms with Crippen molar-refractivity contribution in [3.05, 3.63) is 16.6 Å². The Kier molecular flexibility index (Phi) is 3.59. The molecule has 1 atom stereocenters. The molecule has 1 aliphatic heterocycles. The van der Waals surface area contributed by atoms with Gasteiger partial charge in [-0.15, -0.1) is 22.9 Å². The van der Waals surface area contributed by atoms with Crippen LogP contribution in [0.5, 0.6) is 0 Å². The summed E-state index contributed by atoms with van der Waals surface area (Å²) >= 11 is 7.55. The first-order chi connectivity index (χ1) is 7.29. The predicted molar refractivity (Wildman–Crippen MR) is 61.1 cm³/mol. The first-order valence-electron chi connectivity index (χ1n) is 5.10. The number of carbonyl (C=O) groups is 1. The van der Waals surface area contributed by atoms with E-state index in [0.717, 1.165) is 25.9 Å². The highest BCUT2D eigenvalue weighted by atomic mass is 35.5. The summed E-state index contributed by atoms with van der Waals surface area (Å²) in [6, 6.07) is 0. The van der Waals surface area contributed by atoms with Gasteiger partial charge >= 0.3 is 0 Å². The maximum absolute atomic E-state index is 12.0. The molecule has 0 radical (unpaired) electrons. The number of amides is 1. The van der Waals surface area contributed by atoms with E-state index in [1.165, 1.54) is 17.8 Å². The average molecular weight is 245 g/mol. The van der Waals surface area contributed by atoms with Crippen LogP contribution in [0.25, 0.3) is 0 Å². The van der Waals surface area contributed by atoms with Gasteiger partial charge in [0.15, 0.2) is 5.38 Å². The van der Waals surface area contributed by atoms with Crippen LogP contribution in [-0.4, -0.2) is 28.9 Å². The fraction of sp³-hybridized carbons (Fsp3) is 0.600. The summed E-state index contributed by atoms with van der Waals surface area (Å²) in [6.45, 7) is 1.68. The Morgan fingerprint density at radius 3 is 2.80 bits per heavy atom. The molecule has 1 saturated heterocycles. The van der Waals surface area contributed by atoms with Crippen LogP contribution >= 0.6 is 22.9 Å². The lowest BCUT2D eigenvalue weighted by Gasteiger charge is -2.28. The molecule has 0 N–H and O–H groups in total. The Morgan fingerprint density at radius 1 is 1.47 bits per heavy atom. The number of alkyl halides is 1. The quantitative estimate of drug-likeness (QED) is 0.749. The lowest BCUT2D eigenvalue weighted by molar-refractivity contribution is -0.131. The van der Waals surface area contributed by atoms with Crippen molar-refractivity contribution in [2.24, 2.45) is 0 Å². The normalized spacial score (nSPS) is 18.9. The molecule has 15 heavy (non-hydrogen) atoms. The zero-order valence-electron chi connectivity index (χ0n) is 8.36. The smallest absolute Gasteiger partial charge is 0.246 e. The second-order valence-electron chi connectivity index (χ2n) is 3.66. The minimum atomic E-state index is -0.602. The Balaban J connectivity index is 2.00. The Morgan fingerprint density at radius 2 is 2.20 bits per heavy atom. The first kappa shape index (κ1) is 10.9. The van der Waals surface area contributed by atoms with Gasteiger partial charge in [0, 0.05) is 18.5 Å². The number of hydrogen-bond acceptors (Lipinski definition) is 3. The highest BCUT2D eigenvalue weighted by molar-refractivity contribution is 7.07. The molecule has 0 aliphatic carbocycles. The van der Waals surface area contributed by atoms with Crippen molar-refractivity contribution in [2.45, 2.75) is 24.6 Å². The minimum Gasteiger partial charge on any atom is -0.341 e.